The first kappa shape index (κ1) is 20.6. The lowest BCUT2D eigenvalue weighted by molar-refractivity contribution is -0.130. The highest BCUT2D eigenvalue weighted by Gasteiger charge is 2.16. The van der Waals surface area contributed by atoms with Crippen molar-refractivity contribution in [3.05, 3.63) is 23.8 Å². The first-order chi connectivity index (χ1) is 13.6. The van der Waals surface area contributed by atoms with Crippen LogP contribution in [0, 0.1) is 0 Å². The molecule has 0 aliphatic carbocycles. The minimum Gasteiger partial charge on any atom is -0.494 e. The summed E-state index contributed by atoms with van der Waals surface area (Å²) in [4.78, 5) is 25.5. The van der Waals surface area contributed by atoms with Crippen molar-refractivity contribution < 1.29 is 19.1 Å². The van der Waals surface area contributed by atoms with Crippen LogP contribution >= 0.6 is 0 Å². The normalized spacial score (nSPS) is 18.9. The zero-order valence-electron chi connectivity index (χ0n) is 16.9. The Morgan fingerprint density at radius 3 is 3.00 bits per heavy atom. The first-order valence-corrected chi connectivity index (χ1v) is 10.5. The second-order valence-corrected chi connectivity index (χ2v) is 7.77. The summed E-state index contributed by atoms with van der Waals surface area (Å²) in [5.74, 6) is 1.03. The molecule has 3 rings (SSSR count). The molecule has 1 fully saturated rings. The van der Waals surface area contributed by atoms with E-state index in [9.17, 15) is 9.59 Å². The summed E-state index contributed by atoms with van der Waals surface area (Å²) in [6.07, 6.45) is 8.48. The van der Waals surface area contributed by atoms with Crippen LogP contribution in [-0.4, -0.2) is 49.6 Å². The first-order valence-electron chi connectivity index (χ1n) is 10.5. The zero-order chi connectivity index (χ0) is 19.8. The molecule has 1 aromatic rings. The topological polar surface area (TPSA) is 67.9 Å². The Labute approximate surface area is 167 Å². The molecule has 1 unspecified atom stereocenters. The molecule has 0 radical (unpaired) electrons. The zero-order valence-corrected chi connectivity index (χ0v) is 16.9. The molecule has 6 nitrogen and oxygen atoms in total. The molecule has 0 aromatic heterocycles. The third-order valence-corrected chi connectivity index (χ3v) is 5.50. The van der Waals surface area contributed by atoms with Crippen molar-refractivity contribution in [3.8, 4) is 5.75 Å². The van der Waals surface area contributed by atoms with Crippen LogP contribution in [0.1, 0.15) is 56.9 Å². The van der Waals surface area contributed by atoms with E-state index in [4.69, 9.17) is 9.47 Å². The van der Waals surface area contributed by atoms with Crippen molar-refractivity contribution in [3.63, 3.8) is 0 Å². The molecule has 2 amide bonds. The van der Waals surface area contributed by atoms with E-state index >= 15 is 0 Å². The molecular weight excluding hydrogens is 356 g/mol. The Balaban J connectivity index is 1.30. The summed E-state index contributed by atoms with van der Waals surface area (Å²) >= 11 is 0. The highest BCUT2D eigenvalue weighted by Crippen LogP contribution is 2.26. The SMILES string of the molecule is CN(CCCC1CCCCO1)C(=O)CCCOc1ccc2c(c1)CCC(=O)N2. The number of amides is 2. The van der Waals surface area contributed by atoms with Gasteiger partial charge in [-0.15, -0.1) is 0 Å². The van der Waals surface area contributed by atoms with E-state index in [1.165, 1.54) is 12.8 Å². The molecule has 1 N–H and O–H groups in total. The summed E-state index contributed by atoms with van der Waals surface area (Å²) in [5.41, 5.74) is 1.98. The third kappa shape index (κ3) is 6.23. The summed E-state index contributed by atoms with van der Waals surface area (Å²) in [6, 6.07) is 5.73. The Morgan fingerprint density at radius 2 is 2.18 bits per heavy atom. The fourth-order valence-electron chi connectivity index (χ4n) is 3.77. The van der Waals surface area contributed by atoms with Gasteiger partial charge < -0.3 is 19.7 Å². The van der Waals surface area contributed by atoms with Gasteiger partial charge in [-0.2, -0.15) is 0 Å². The van der Waals surface area contributed by atoms with E-state index in [1.54, 1.807) is 0 Å². The summed E-state index contributed by atoms with van der Waals surface area (Å²) in [5, 5.41) is 2.87. The summed E-state index contributed by atoms with van der Waals surface area (Å²) < 4.78 is 11.5. The van der Waals surface area contributed by atoms with E-state index in [-0.39, 0.29) is 11.8 Å². The van der Waals surface area contributed by atoms with Crippen molar-refractivity contribution in [2.24, 2.45) is 0 Å². The molecular formula is C22H32N2O4. The van der Waals surface area contributed by atoms with Gasteiger partial charge in [0.1, 0.15) is 5.75 Å². The predicted molar refractivity (Wildman–Crippen MR) is 109 cm³/mol. The van der Waals surface area contributed by atoms with Crippen LogP contribution in [0.5, 0.6) is 5.75 Å². The van der Waals surface area contributed by atoms with Gasteiger partial charge in [0, 0.05) is 38.7 Å². The quantitative estimate of drug-likeness (QED) is 0.657. The van der Waals surface area contributed by atoms with E-state index in [0.29, 0.717) is 32.0 Å². The number of aryl methyl sites for hydroxylation is 1. The molecule has 28 heavy (non-hydrogen) atoms. The second-order valence-electron chi connectivity index (χ2n) is 7.77. The number of nitrogens with one attached hydrogen (secondary N) is 1. The number of rotatable bonds is 9. The van der Waals surface area contributed by atoms with Crippen LogP contribution in [0.25, 0.3) is 0 Å². The minimum absolute atomic E-state index is 0.0649. The largest absolute Gasteiger partial charge is 0.494 e. The fourth-order valence-corrected chi connectivity index (χ4v) is 3.77. The van der Waals surface area contributed by atoms with Crippen LogP contribution < -0.4 is 10.1 Å². The molecule has 2 aliphatic rings. The average molecular weight is 389 g/mol. The molecule has 1 aromatic carbocycles. The van der Waals surface area contributed by atoms with Crippen LogP contribution in [-0.2, 0) is 20.7 Å². The maximum atomic E-state index is 12.3. The van der Waals surface area contributed by atoms with Crippen molar-refractivity contribution in [1.82, 2.24) is 4.90 Å². The molecule has 0 bridgehead atoms. The van der Waals surface area contributed by atoms with Gasteiger partial charge in [-0.3, -0.25) is 9.59 Å². The smallest absolute Gasteiger partial charge is 0.224 e. The van der Waals surface area contributed by atoms with Crippen LogP contribution in [0.4, 0.5) is 5.69 Å². The fraction of sp³-hybridized carbons (Fsp3) is 0.636. The van der Waals surface area contributed by atoms with Gasteiger partial charge in [0.25, 0.3) is 0 Å². The van der Waals surface area contributed by atoms with Crippen LogP contribution in [0.3, 0.4) is 0 Å². The van der Waals surface area contributed by atoms with Crippen molar-refractivity contribution in [2.75, 3.05) is 32.1 Å². The Kier molecular flexibility index (Phi) is 7.71. The van der Waals surface area contributed by atoms with Crippen LogP contribution in [0.2, 0.25) is 0 Å². The van der Waals surface area contributed by atoms with Gasteiger partial charge in [0.2, 0.25) is 11.8 Å². The van der Waals surface area contributed by atoms with Crippen molar-refractivity contribution in [1.29, 1.82) is 0 Å². The molecule has 0 spiro atoms. The lowest BCUT2D eigenvalue weighted by Crippen LogP contribution is -2.29. The van der Waals surface area contributed by atoms with Gasteiger partial charge >= 0.3 is 0 Å². The molecule has 2 heterocycles. The Morgan fingerprint density at radius 1 is 1.29 bits per heavy atom. The molecule has 154 valence electrons. The van der Waals surface area contributed by atoms with Gasteiger partial charge in [0.15, 0.2) is 0 Å². The minimum atomic E-state index is 0.0649. The van der Waals surface area contributed by atoms with E-state index < -0.39 is 0 Å². The number of hydrogen-bond acceptors (Lipinski definition) is 4. The monoisotopic (exact) mass is 388 g/mol. The number of ether oxygens (including phenoxy) is 2. The highest BCUT2D eigenvalue weighted by molar-refractivity contribution is 5.94. The Bertz CT molecular complexity index is 671. The lowest BCUT2D eigenvalue weighted by Gasteiger charge is -2.24. The van der Waals surface area contributed by atoms with Gasteiger partial charge in [-0.05, 0) is 68.7 Å². The maximum Gasteiger partial charge on any atom is 0.224 e. The number of carbonyl (C=O) groups excluding carboxylic acids is 2. The molecule has 1 saturated heterocycles. The van der Waals surface area contributed by atoms with Gasteiger partial charge in [-0.1, -0.05) is 0 Å². The van der Waals surface area contributed by atoms with E-state index in [2.05, 4.69) is 5.32 Å². The maximum absolute atomic E-state index is 12.3. The summed E-state index contributed by atoms with van der Waals surface area (Å²) in [7, 11) is 1.88. The third-order valence-electron chi connectivity index (χ3n) is 5.50. The van der Waals surface area contributed by atoms with Crippen molar-refractivity contribution >= 4 is 17.5 Å². The molecule has 2 aliphatic heterocycles. The number of hydrogen-bond donors (Lipinski definition) is 1. The van der Waals surface area contributed by atoms with Gasteiger partial charge in [0.05, 0.1) is 12.7 Å². The van der Waals surface area contributed by atoms with Gasteiger partial charge in [-0.25, -0.2) is 0 Å². The second kappa shape index (κ2) is 10.5. The van der Waals surface area contributed by atoms with E-state index in [0.717, 1.165) is 55.8 Å². The average Bonchev–Trinajstić information content (AvgIpc) is 2.71. The van der Waals surface area contributed by atoms with Crippen molar-refractivity contribution in [2.45, 2.75) is 63.9 Å². The standard InChI is InChI=1S/C22H32N2O4/c1-24(13-4-7-18-6-2-3-14-27-18)22(26)8-5-15-28-19-10-11-20-17(16-19)9-12-21(25)23-20/h10-11,16,18H,2-9,12-15H2,1H3,(H,23,25). The molecule has 6 heteroatoms. The summed E-state index contributed by atoms with van der Waals surface area (Å²) in [6.45, 7) is 2.19. The lowest BCUT2D eigenvalue weighted by atomic mass is 10.0. The van der Waals surface area contributed by atoms with Crippen LogP contribution in [0.15, 0.2) is 18.2 Å². The predicted octanol–water partition coefficient (Wildman–Crippen LogP) is 3.54. The number of fused-ring (bicyclic) bond motifs is 1. The number of nitrogens with zero attached hydrogens (tertiary/aromatic N) is 1. The van der Waals surface area contributed by atoms with E-state index in [1.807, 2.05) is 30.1 Å². The highest BCUT2D eigenvalue weighted by atomic mass is 16.5. The number of anilines is 1. The number of carbonyl (C=O) groups is 2. The molecule has 1 atom stereocenters. The molecule has 0 saturated carbocycles. The Hall–Kier alpha value is -2.08. The number of benzene rings is 1.